The number of aryl methyl sites for hydroxylation is 1. The summed E-state index contributed by atoms with van der Waals surface area (Å²) >= 11 is 1.36. The normalized spacial score (nSPS) is 10.7. The molecule has 0 saturated carbocycles. The molecule has 138 valence electrons. The van der Waals surface area contributed by atoms with Crippen LogP contribution in [0.2, 0.25) is 0 Å². The Balaban J connectivity index is 1.72. The summed E-state index contributed by atoms with van der Waals surface area (Å²) in [6.45, 7) is 5.42. The molecular weight excluding hydrogens is 360 g/mol. The fourth-order valence-electron chi connectivity index (χ4n) is 2.47. The van der Waals surface area contributed by atoms with Gasteiger partial charge in [-0.3, -0.25) is 4.79 Å². The van der Waals surface area contributed by atoms with E-state index in [1.54, 1.807) is 38.1 Å². The molecule has 1 heterocycles. The number of rotatable bonds is 5. The van der Waals surface area contributed by atoms with Crippen molar-refractivity contribution in [1.82, 2.24) is 4.98 Å². The van der Waals surface area contributed by atoms with Gasteiger partial charge in [0.15, 0.2) is 0 Å². The summed E-state index contributed by atoms with van der Waals surface area (Å²) in [6.07, 6.45) is -0.176. The molecule has 0 aliphatic rings. The van der Waals surface area contributed by atoms with Crippen LogP contribution in [0.3, 0.4) is 0 Å². The standard InChI is InChI=1S/C21H20N2O3S/c1-13(2)26-21(25)16-9-11-17(12-10-16)23-19(24)18-14(3)22-20(27-18)15-7-5-4-6-8-15/h4-13H,1-3H3,(H,23,24). The van der Waals surface area contributed by atoms with Gasteiger partial charge in [-0.2, -0.15) is 0 Å². The van der Waals surface area contributed by atoms with E-state index in [0.29, 0.717) is 21.8 Å². The van der Waals surface area contributed by atoms with E-state index in [-0.39, 0.29) is 18.0 Å². The van der Waals surface area contributed by atoms with Crippen molar-refractivity contribution in [3.05, 3.63) is 70.7 Å². The number of carbonyl (C=O) groups is 2. The third-order valence-electron chi connectivity index (χ3n) is 3.74. The van der Waals surface area contributed by atoms with Crippen molar-refractivity contribution < 1.29 is 14.3 Å². The number of amides is 1. The second-order valence-corrected chi connectivity index (χ2v) is 7.28. The molecule has 1 amide bonds. The van der Waals surface area contributed by atoms with Crippen LogP contribution in [0.1, 0.15) is 39.6 Å². The van der Waals surface area contributed by atoms with Crippen molar-refractivity contribution in [2.75, 3.05) is 5.32 Å². The molecule has 1 aromatic heterocycles. The number of aromatic nitrogens is 1. The highest BCUT2D eigenvalue weighted by atomic mass is 32.1. The van der Waals surface area contributed by atoms with E-state index in [9.17, 15) is 9.59 Å². The minimum absolute atomic E-state index is 0.176. The number of nitrogens with zero attached hydrogens (tertiary/aromatic N) is 1. The predicted molar refractivity (Wildman–Crippen MR) is 107 cm³/mol. The Labute approximate surface area is 162 Å². The molecule has 0 unspecified atom stereocenters. The lowest BCUT2D eigenvalue weighted by Gasteiger charge is -2.08. The van der Waals surface area contributed by atoms with Crippen LogP contribution in [0.15, 0.2) is 54.6 Å². The van der Waals surface area contributed by atoms with Crippen LogP contribution in [0.25, 0.3) is 10.6 Å². The lowest BCUT2D eigenvalue weighted by atomic mass is 10.2. The Morgan fingerprint density at radius 3 is 2.33 bits per heavy atom. The number of nitrogens with one attached hydrogen (secondary N) is 1. The lowest BCUT2D eigenvalue weighted by molar-refractivity contribution is 0.0378. The largest absolute Gasteiger partial charge is 0.459 e. The van der Waals surface area contributed by atoms with Crippen LogP contribution in [0, 0.1) is 6.92 Å². The highest BCUT2D eigenvalue weighted by molar-refractivity contribution is 7.17. The Hall–Kier alpha value is -2.99. The molecule has 1 N–H and O–H groups in total. The van der Waals surface area contributed by atoms with Crippen molar-refractivity contribution >= 4 is 28.9 Å². The number of anilines is 1. The summed E-state index contributed by atoms with van der Waals surface area (Å²) in [5.41, 5.74) is 2.73. The highest BCUT2D eigenvalue weighted by Crippen LogP contribution is 2.28. The van der Waals surface area contributed by atoms with Crippen molar-refractivity contribution in [2.24, 2.45) is 0 Å². The van der Waals surface area contributed by atoms with E-state index in [2.05, 4.69) is 10.3 Å². The molecule has 6 heteroatoms. The van der Waals surface area contributed by atoms with Crippen LogP contribution in [0.5, 0.6) is 0 Å². The molecular formula is C21H20N2O3S. The third-order valence-corrected chi connectivity index (χ3v) is 4.95. The van der Waals surface area contributed by atoms with Gasteiger partial charge in [0.05, 0.1) is 17.4 Å². The zero-order chi connectivity index (χ0) is 19.4. The van der Waals surface area contributed by atoms with Gasteiger partial charge in [-0.05, 0) is 45.0 Å². The smallest absolute Gasteiger partial charge is 0.338 e. The van der Waals surface area contributed by atoms with E-state index in [1.165, 1.54) is 11.3 Å². The van der Waals surface area contributed by atoms with Crippen molar-refractivity contribution in [3.8, 4) is 10.6 Å². The third kappa shape index (κ3) is 4.60. The fourth-order valence-corrected chi connectivity index (χ4v) is 3.44. The maximum Gasteiger partial charge on any atom is 0.338 e. The fraction of sp³-hybridized carbons (Fsp3) is 0.190. The van der Waals surface area contributed by atoms with Crippen molar-refractivity contribution in [3.63, 3.8) is 0 Å². The van der Waals surface area contributed by atoms with E-state index in [4.69, 9.17) is 4.74 Å². The Kier molecular flexibility index (Phi) is 5.66. The average Bonchev–Trinajstić information content (AvgIpc) is 3.04. The minimum Gasteiger partial charge on any atom is -0.459 e. The SMILES string of the molecule is Cc1nc(-c2ccccc2)sc1C(=O)Nc1ccc(C(=O)OC(C)C)cc1. The molecule has 0 radical (unpaired) electrons. The first-order valence-corrected chi connectivity index (χ1v) is 9.41. The van der Waals surface area contributed by atoms with Gasteiger partial charge in [-0.15, -0.1) is 11.3 Å². The molecule has 27 heavy (non-hydrogen) atoms. The Morgan fingerprint density at radius 2 is 1.70 bits per heavy atom. The zero-order valence-corrected chi connectivity index (χ0v) is 16.2. The number of carbonyl (C=O) groups excluding carboxylic acids is 2. The molecule has 0 spiro atoms. The van der Waals surface area contributed by atoms with Crippen LogP contribution < -0.4 is 5.32 Å². The molecule has 5 nitrogen and oxygen atoms in total. The van der Waals surface area contributed by atoms with E-state index in [0.717, 1.165) is 10.6 Å². The van der Waals surface area contributed by atoms with Gasteiger partial charge in [-0.1, -0.05) is 30.3 Å². The summed E-state index contributed by atoms with van der Waals surface area (Å²) in [6, 6.07) is 16.4. The quantitative estimate of drug-likeness (QED) is 0.637. The molecule has 3 rings (SSSR count). The molecule has 0 saturated heterocycles. The molecule has 0 fully saturated rings. The molecule has 0 atom stereocenters. The number of benzene rings is 2. The van der Waals surface area contributed by atoms with Crippen LogP contribution >= 0.6 is 11.3 Å². The summed E-state index contributed by atoms with van der Waals surface area (Å²) in [7, 11) is 0. The second-order valence-electron chi connectivity index (χ2n) is 6.29. The van der Waals surface area contributed by atoms with Gasteiger partial charge in [0, 0.05) is 11.3 Å². The maximum absolute atomic E-state index is 12.6. The number of esters is 1. The van der Waals surface area contributed by atoms with Crippen molar-refractivity contribution in [1.29, 1.82) is 0 Å². The summed E-state index contributed by atoms with van der Waals surface area (Å²) < 4.78 is 5.15. The maximum atomic E-state index is 12.6. The van der Waals surface area contributed by atoms with Gasteiger partial charge in [0.25, 0.3) is 5.91 Å². The molecule has 2 aromatic carbocycles. The topological polar surface area (TPSA) is 68.3 Å². The first kappa shape index (κ1) is 18.8. The first-order valence-electron chi connectivity index (χ1n) is 8.59. The van der Waals surface area contributed by atoms with Crippen LogP contribution in [-0.2, 0) is 4.74 Å². The summed E-state index contributed by atoms with van der Waals surface area (Å²) in [5.74, 6) is -0.599. The number of hydrogen-bond acceptors (Lipinski definition) is 5. The summed E-state index contributed by atoms with van der Waals surface area (Å²) in [4.78, 5) is 29.6. The Bertz CT molecular complexity index is 947. The highest BCUT2D eigenvalue weighted by Gasteiger charge is 2.17. The first-order chi connectivity index (χ1) is 12.9. The molecule has 0 aliphatic carbocycles. The van der Waals surface area contributed by atoms with Crippen LogP contribution in [0.4, 0.5) is 5.69 Å². The molecule has 0 bridgehead atoms. The Morgan fingerprint density at radius 1 is 1.04 bits per heavy atom. The van der Waals surface area contributed by atoms with Crippen molar-refractivity contribution in [2.45, 2.75) is 26.9 Å². The van der Waals surface area contributed by atoms with Gasteiger partial charge in [0.1, 0.15) is 9.88 Å². The molecule has 3 aromatic rings. The van der Waals surface area contributed by atoms with E-state index >= 15 is 0 Å². The number of ether oxygens (including phenoxy) is 1. The van der Waals surface area contributed by atoms with E-state index in [1.807, 2.05) is 37.3 Å². The average molecular weight is 380 g/mol. The van der Waals surface area contributed by atoms with Gasteiger partial charge < -0.3 is 10.1 Å². The minimum atomic E-state index is -0.381. The van der Waals surface area contributed by atoms with Gasteiger partial charge in [0.2, 0.25) is 0 Å². The zero-order valence-electron chi connectivity index (χ0n) is 15.4. The predicted octanol–water partition coefficient (Wildman–Crippen LogP) is 4.94. The number of hydrogen-bond donors (Lipinski definition) is 1. The second kappa shape index (κ2) is 8.14. The van der Waals surface area contributed by atoms with E-state index < -0.39 is 0 Å². The number of thiazole rings is 1. The van der Waals surface area contributed by atoms with Gasteiger partial charge in [-0.25, -0.2) is 9.78 Å². The molecule has 0 aliphatic heterocycles. The van der Waals surface area contributed by atoms with Crippen LogP contribution in [-0.4, -0.2) is 23.0 Å². The summed E-state index contributed by atoms with van der Waals surface area (Å²) in [5, 5.41) is 3.66. The monoisotopic (exact) mass is 380 g/mol. The van der Waals surface area contributed by atoms with Gasteiger partial charge >= 0.3 is 5.97 Å². The lowest BCUT2D eigenvalue weighted by Crippen LogP contribution is -2.13.